The second-order valence-corrected chi connectivity index (χ2v) is 5.73. The minimum Gasteiger partial charge on any atom is -0.492 e. The molecule has 2 rings (SSSR count). The zero-order valence-corrected chi connectivity index (χ0v) is 13.1. The van der Waals surface area contributed by atoms with Crippen LogP contribution in [0.25, 0.3) is 0 Å². The molecule has 1 aromatic carbocycles. The lowest BCUT2D eigenvalue weighted by Crippen LogP contribution is -2.29. The summed E-state index contributed by atoms with van der Waals surface area (Å²) in [4.78, 5) is 12.9. The lowest BCUT2D eigenvalue weighted by atomic mass is 10.1. The van der Waals surface area contributed by atoms with E-state index in [1.807, 2.05) is 24.3 Å². The van der Waals surface area contributed by atoms with E-state index in [1.165, 1.54) is 38.8 Å². The average molecular weight is 306 g/mol. The molecule has 0 aliphatic carbocycles. The third-order valence-corrected chi connectivity index (χ3v) is 3.99. The van der Waals surface area contributed by atoms with Crippen LogP contribution in [0.15, 0.2) is 24.3 Å². The van der Waals surface area contributed by atoms with Gasteiger partial charge in [0.05, 0.1) is 0 Å². The van der Waals surface area contributed by atoms with E-state index >= 15 is 0 Å². The fraction of sp³-hybridized carbons (Fsp3) is 0.588. The Balaban J connectivity index is 1.66. The number of ether oxygens (including phenoxy) is 1. The standard InChI is InChI=1S/C17H26N2O3/c20-17(21)18-10-9-15-5-7-16(8-6-15)22-14-13-19-11-3-1-2-4-12-19/h5-8,18H,1-4,9-14H2,(H,20,21). The molecule has 1 heterocycles. The van der Waals surface area contributed by atoms with Crippen LogP contribution in [0.5, 0.6) is 5.75 Å². The number of carbonyl (C=O) groups is 1. The normalized spacial score (nSPS) is 16.0. The second kappa shape index (κ2) is 9.30. The quantitative estimate of drug-likeness (QED) is 0.813. The Morgan fingerprint density at radius 2 is 1.82 bits per heavy atom. The molecule has 1 fully saturated rings. The molecule has 0 atom stereocenters. The van der Waals surface area contributed by atoms with Crippen molar-refractivity contribution in [1.29, 1.82) is 0 Å². The lowest BCUT2D eigenvalue weighted by molar-refractivity contribution is 0.194. The van der Waals surface area contributed by atoms with Crippen LogP contribution in [-0.2, 0) is 6.42 Å². The van der Waals surface area contributed by atoms with Crippen LogP contribution < -0.4 is 10.1 Å². The van der Waals surface area contributed by atoms with E-state index in [4.69, 9.17) is 9.84 Å². The van der Waals surface area contributed by atoms with Gasteiger partial charge in [0.1, 0.15) is 12.4 Å². The second-order valence-electron chi connectivity index (χ2n) is 5.73. The Labute approximate surface area is 132 Å². The number of amides is 1. The van der Waals surface area contributed by atoms with Crippen LogP contribution in [0.3, 0.4) is 0 Å². The summed E-state index contributed by atoms with van der Waals surface area (Å²) in [6, 6.07) is 7.90. The average Bonchev–Trinajstić information content (AvgIpc) is 2.77. The highest BCUT2D eigenvalue weighted by molar-refractivity contribution is 5.64. The summed E-state index contributed by atoms with van der Waals surface area (Å²) in [5, 5.41) is 10.9. The number of carboxylic acid groups (broad SMARTS) is 1. The highest BCUT2D eigenvalue weighted by Gasteiger charge is 2.08. The van der Waals surface area contributed by atoms with Crippen molar-refractivity contribution in [2.24, 2.45) is 0 Å². The van der Waals surface area contributed by atoms with E-state index in [9.17, 15) is 4.79 Å². The van der Waals surface area contributed by atoms with Gasteiger partial charge in [-0.25, -0.2) is 4.79 Å². The Hall–Kier alpha value is -1.75. The molecule has 5 heteroatoms. The molecule has 122 valence electrons. The lowest BCUT2D eigenvalue weighted by Gasteiger charge is -2.19. The summed E-state index contributed by atoms with van der Waals surface area (Å²) in [6.45, 7) is 4.53. The zero-order chi connectivity index (χ0) is 15.6. The third-order valence-electron chi connectivity index (χ3n) is 3.99. The van der Waals surface area contributed by atoms with E-state index in [0.29, 0.717) is 13.0 Å². The summed E-state index contributed by atoms with van der Waals surface area (Å²) in [5.41, 5.74) is 1.11. The van der Waals surface area contributed by atoms with E-state index in [-0.39, 0.29) is 0 Å². The first-order chi connectivity index (χ1) is 10.7. The van der Waals surface area contributed by atoms with Crippen molar-refractivity contribution < 1.29 is 14.6 Å². The maximum atomic E-state index is 10.4. The van der Waals surface area contributed by atoms with Crippen molar-refractivity contribution in [2.45, 2.75) is 32.1 Å². The smallest absolute Gasteiger partial charge is 0.404 e. The van der Waals surface area contributed by atoms with Crippen molar-refractivity contribution in [2.75, 3.05) is 32.8 Å². The molecule has 1 amide bonds. The Bertz CT molecular complexity index is 440. The molecular formula is C17H26N2O3. The maximum absolute atomic E-state index is 10.4. The van der Waals surface area contributed by atoms with Crippen molar-refractivity contribution in [3.05, 3.63) is 29.8 Å². The molecule has 0 aromatic heterocycles. The fourth-order valence-corrected chi connectivity index (χ4v) is 2.72. The predicted molar refractivity (Wildman–Crippen MR) is 86.6 cm³/mol. The molecule has 1 aromatic rings. The van der Waals surface area contributed by atoms with E-state index < -0.39 is 6.09 Å². The Kier molecular flexibility index (Phi) is 7.03. The molecule has 2 N–H and O–H groups in total. The Morgan fingerprint density at radius 3 is 2.45 bits per heavy atom. The van der Waals surface area contributed by atoms with Gasteiger partial charge in [0, 0.05) is 13.1 Å². The monoisotopic (exact) mass is 306 g/mol. The molecule has 1 aliphatic rings. The molecular weight excluding hydrogens is 280 g/mol. The molecule has 0 bridgehead atoms. The van der Waals surface area contributed by atoms with Crippen molar-refractivity contribution in [3.63, 3.8) is 0 Å². The highest BCUT2D eigenvalue weighted by Crippen LogP contribution is 2.13. The fourth-order valence-electron chi connectivity index (χ4n) is 2.72. The summed E-state index contributed by atoms with van der Waals surface area (Å²) in [7, 11) is 0. The summed E-state index contributed by atoms with van der Waals surface area (Å²) in [5.74, 6) is 0.879. The first-order valence-electron chi connectivity index (χ1n) is 8.15. The number of benzene rings is 1. The van der Waals surface area contributed by atoms with Gasteiger partial charge in [-0.1, -0.05) is 25.0 Å². The van der Waals surface area contributed by atoms with Crippen molar-refractivity contribution >= 4 is 6.09 Å². The zero-order valence-electron chi connectivity index (χ0n) is 13.1. The molecule has 1 aliphatic heterocycles. The van der Waals surface area contributed by atoms with Crippen LogP contribution in [0.2, 0.25) is 0 Å². The number of rotatable bonds is 7. The molecule has 0 saturated carbocycles. The number of hydrogen-bond donors (Lipinski definition) is 2. The van der Waals surface area contributed by atoms with Gasteiger partial charge in [-0.2, -0.15) is 0 Å². The van der Waals surface area contributed by atoms with Gasteiger partial charge < -0.3 is 15.2 Å². The van der Waals surface area contributed by atoms with Crippen molar-refractivity contribution in [1.82, 2.24) is 10.2 Å². The number of hydrogen-bond acceptors (Lipinski definition) is 3. The number of nitrogens with zero attached hydrogens (tertiary/aromatic N) is 1. The molecule has 22 heavy (non-hydrogen) atoms. The number of likely N-dealkylation sites (tertiary alicyclic amines) is 1. The van der Waals surface area contributed by atoms with Crippen LogP contribution in [0.4, 0.5) is 4.79 Å². The van der Waals surface area contributed by atoms with Gasteiger partial charge in [0.2, 0.25) is 0 Å². The van der Waals surface area contributed by atoms with E-state index in [2.05, 4.69) is 10.2 Å². The summed E-state index contributed by atoms with van der Waals surface area (Å²) in [6.07, 6.45) is 5.04. The molecule has 0 spiro atoms. The maximum Gasteiger partial charge on any atom is 0.404 e. The summed E-state index contributed by atoms with van der Waals surface area (Å²) >= 11 is 0. The van der Waals surface area contributed by atoms with E-state index in [1.54, 1.807) is 0 Å². The molecule has 1 saturated heterocycles. The third kappa shape index (κ3) is 6.35. The van der Waals surface area contributed by atoms with Gasteiger partial charge in [0.25, 0.3) is 0 Å². The largest absolute Gasteiger partial charge is 0.492 e. The van der Waals surface area contributed by atoms with Crippen LogP contribution in [0, 0.1) is 0 Å². The minimum absolute atomic E-state index is 0.435. The minimum atomic E-state index is -0.978. The first kappa shape index (κ1) is 16.6. The van der Waals surface area contributed by atoms with Crippen LogP contribution in [0.1, 0.15) is 31.2 Å². The van der Waals surface area contributed by atoms with Crippen molar-refractivity contribution in [3.8, 4) is 5.75 Å². The van der Waals surface area contributed by atoms with Gasteiger partial charge in [-0.15, -0.1) is 0 Å². The number of nitrogens with one attached hydrogen (secondary N) is 1. The predicted octanol–water partition coefficient (Wildman–Crippen LogP) is 2.75. The summed E-state index contributed by atoms with van der Waals surface area (Å²) < 4.78 is 5.80. The highest BCUT2D eigenvalue weighted by atomic mass is 16.5. The molecule has 0 radical (unpaired) electrons. The van der Waals surface area contributed by atoms with Gasteiger partial charge in [0.15, 0.2) is 0 Å². The Morgan fingerprint density at radius 1 is 1.14 bits per heavy atom. The molecule has 5 nitrogen and oxygen atoms in total. The van der Waals surface area contributed by atoms with E-state index in [0.717, 1.165) is 24.5 Å². The SMILES string of the molecule is O=C(O)NCCc1ccc(OCCN2CCCCCC2)cc1. The topological polar surface area (TPSA) is 61.8 Å². The van der Waals surface area contributed by atoms with Gasteiger partial charge in [-0.05, 0) is 50.0 Å². The molecule has 0 unspecified atom stereocenters. The van der Waals surface area contributed by atoms with Gasteiger partial charge >= 0.3 is 6.09 Å². The van der Waals surface area contributed by atoms with Gasteiger partial charge in [-0.3, -0.25) is 4.90 Å². The van der Waals surface area contributed by atoms with Crippen LogP contribution in [-0.4, -0.2) is 48.9 Å². The first-order valence-corrected chi connectivity index (χ1v) is 8.15. The van der Waals surface area contributed by atoms with Crippen LogP contribution >= 0.6 is 0 Å².